The van der Waals surface area contributed by atoms with E-state index in [0.29, 0.717) is 17.3 Å². The van der Waals surface area contributed by atoms with Crippen molar-refractivity contribution in [1.82, 2.24) is 9.80 Å². The average Bonchev–Trinajstić information content (AvgIpc) is 3.29. The Kier molecular flexibility index (Phi) is 7.95. The summed E-state index contributed by atoms with van der Waals surface area (Å²) in [5, 5.41) is 11.7. The topological polar surface area (TPSA) is 45.2 Å². The summed E-state index contributed by atoms with van der Waals surface area (Å²) in [7, 11) is 0. The molecule has 174 valence electrons. The van der Waals surface area contributed by atoms with Crippen molar-refractivity contribution in [2.45, 2.75) is 44.8 Å². The highest BCUT2D eigenvalue weighted by Gasteiger charge is 2.34. The molecule has 4 rings (SSSR count). The highest BCUT2D eigenvalue weighted by Crippen LogP contribution is 2.29. The van der Waals surface area contributed by atoms with Crippen molar-refractivity contribution in [1.29, 1.82) is 0 Å². The van der Waals surface area contributed by atoms with Crippen LogP contribution < -0.4 is 9.47 Å². The maximum Gasteiger partial charge on any atom is 0.138 e. The minimum atomic E-state index is -0.871. The van der Waals surface area contributed by atoms with Crippen LogP contribution in [0.25, 0.3) is 0 Å². The van der Waals surface area contributed by atoms with Gasteiger partial charge in [-0.25, -0.2) is 0 Å². The maximum absolute atomic E-state index is 11.1. The van der Waals surface area contributed by atoms with Gasteiger partial charge in [0, 0.05) is 19.6 Å². The first-order valence-electron chi connectivity index (χ1n) is 11.8. The normalized spacial score (nSPS) is 22.2. The Hall–Kier alpha value is -1.79. The van der Waals surface area contributed by atoms with Crippen molar-refractivity contribution < 1.29 is 14.6 Å². The number of aryl methyl sites for hydroxylation is 1. The molecule has 2 aliphatic rings. The maximum atomic E-state index is 11.1. The lowest BCUT2D eigenvalue weighted by Crippen LogP contribution is -2.51. The Bertz CT molecular complexity index is 870. The van der Waals surface area contributed by atoms with Gasteiger partial charge in [0.1, 0.15) is 30.3 Å². The predicted molar refractivity (Wildman–Crippen MR) is 129 cm³/mol. The monoisotopic (exact) mass is 458 g/mol. The smallest absolute Gasteiger partial charge is 0.138 e. The molecular weight excluding hydrogens is 424 g/mol. The molecule has 0 spiro atoms. The molecule has 32 heavy (non-hydrogen) atoms. The molecule has 2 aromatic carbocycles. The lowest BCUT2D eigenvalue weighted by molar-refractivity contribution is -0.0620. The van der Waals surface area contributed by atoms with Gasteiger partial charge in [-0.2, -0.15) is 0 Å². The number of piperidine rings is 1. The van der Waals surface area contributed by atoms with Gasteiger partial charge in [-0.05, 0) is 87.6 Å². The van der Waals surface area contributed by atoms with E-state index in [1.165, 1.54) is 31.5 Å². The lowest BCUT2D eigenvalue weighted by Gasteiger charge is -2.39. The van der Waals surface area contributed by atoms with E-state index in [1.807, 2.05) is 25.1 Å². The number of nitrogens with zero attached hydrogens (tertiary/aromatic N) is 2. The highest BCUT2D eigenvalue weighted by molar-refractivity contribution is 6.32. The fourth-order valence-electron chi connectivity index (χ4n) is 4.64. The van der Waals surface area contributed by atoms with E-state index in [4.69, 9.17) is 21.1 Å². The number of likely N-dealkylation sites (tertiary alicyclic amines) is 2. The van der Waals surface area contributed by atoms with Crippen molar-refractivity contribution >= 4 is 11.6 Å². The van der Waals surface area contributed by atoms with Gasteiger partial charge in [0.15, 0.2) is 0 Å². The summed E-state index contributed by atoms with van der Waals surface area (Å²) in [6.45, 7) is 8.77. The third kappa shape index (κ3) is 6.61. The van der Waals surface area contributed by atoms with Gasteiger partial charge in [0.25, 0.3) is 0 Å². The van der Waals surface area contributed by atoms with Crippen molar-refractivity contribution in [2.75, 3.05) is 45.9 Å². The Balaban J connectivity index is 1.25. The first-order chi connectivity index (χ1) is 15.5. The van der Waals surface area contributed by atoms with Gasteiger partial charge in [-0.15, -0.1) is 0 Å². The van der Waals surface area contributed by atoms with Crippen LogP contribution in [0.4, 0.5) is 0 Å². The predicted octanol–water partition coefficient (Wildman–Crippen LogP) is 4.53. The largest absolute Gasteiger partial charge is 0.492 e. The number of ether oxygens (including phenoxy) is 2. The Morgan fingerprint density at radius 1 is 0.969 bits per heavy atom. The molecule has 0 saturated carbocycles. The molecule has 0 radical (unpaired) electrons. The van der Waals surface area contributed by atoms with Gasteiger partial charge in [-0.1, -0.05) is 29.8 Å². The van der Waals surface area contributed by atoms with E-state index < -0.39 is 5.60 Å². The second kappa shape index (κ2) is 10.9. The molecule has 1 unspecified atom stereocenters. The first-order valence-corrected chi connectivity index (χ1v) is 12.1. The van der Waals surface area contributed by atoms with Crippen LogP contribution >= 0.6 is 11.6 Å². The molecule has 0 aromatic heterocycles. The van der Waals surface area contributed by atoms with Crippen molar-refractivity contribution in [3.8, 4) is 11.5 Å². The van der Waals surface area contributed by atoms with Crippen molar-refractivity contribution in [3.05, 3.63) is 58.6 Å². The van der Waals surface area contributed by atoms with E-state index >= 15 is 0 Å². The fourth-order valence-corrected chi connectivity index (χ4v) is 4.81. The van der Waals surface area contributed by atoms with Gasteiger partial charge < -0.3 is 14.6 Å². The number of rotatable bonds is 9. The van der Waals surface area contributed by atoms with Crippen LogP contribution in [0.3, 0.4) is 0 Å². The van der Waals surface area contributed by atoms with Crippen LogP contribution in [0, 0.1) is 6.92 Å². The van der Waals surface area contributed by atoms with Crippen LogP contribution in [-0.4, -0.2) is 66.4 Å². The first kappa shape index (κ1) is 23.4. The summed E-state index contributed by atoms with van der Waals surface area (Å²) >= 11 is 6.24. The summed E-state index contributed by atoms with van der Waals surface area (Å²) in [6.07, 6.45) is 4.30. The Morgan fingerprint density at radius 3 is 2.50 bits per heavy atom. The summed E-state index contributed by atoms with van der Waals surface area (Å²) in [4.78, 5) is 4.76. The van der Waals surface area contributed by atoms with Crippen LogP contribution in [0.2, 0.25) is 5.02 Å². The third-order valence-electron chi connectivity index (χ3n) is 6.42. The van der Waals surface area contributed by atoms with Crippen LogP contribution in [0.5, 0.6) is 11.5 Å². The fraction of sp³-hybridized carbons (Fsp3) is 0.538. The zero-order chi connectivity index (χ0) is 22.4. The van der Waals surface area contributed by atoms with Crippen LogP contribution in [-0.2, 0) is 6.54 Å². The average molecular weight is 459 g/mol. The summed E-state index contributed by atoms with van der Waals surface area (Å²) in [6, 6.07) is 14.1. The molecule has 2 fully saturated rings. The summed E-state index contributed by atoms with van der Waals surface area (Å²) in [5.74, 6) is 1.56. The summed E-state index contributed by atoms with van der Waals surface area (Å²) < 4.78 is 11.8. The van der Waals surface area contributed by atoms with Gasteiger partial charge in [-0.3, -0.25) is 9.80 Å². The summed E-state index contributed by atoms with van der Waals surface area (Å²) in [5.41, 5.74) is 1.44. The molecule has 1 N–H and O–H groups in total. The van der Waals surface area contributed by atoms with E-state index in [9.17, 15) is 5.11 Å². The minimum absolute atomic E-state index is 0.246. The molecule has 0 aliphatic carbocycles. The number of benzene rings is 2. The van der Waals surface area contributed by atoms with Gasteiger partial charge in [0.05, 0.1) is 5.02 Å². The zero-order valence-corrected chi connectivity index (χ0v) is 19.8. The number of β-amino-alcohol motifs (C(OH)–C–C–N with tert-alkyl or cyclic N) is 1. The second-order valence-electron chi connectivity index (χ2n) is 9.30. The SMILES string of the molecule is Cc1ccc(Cl)c(OCC2(O)CCCN(Cc3ccc(OCCN4CCCC4)cc3)C2)c1. The molecule has 0 amide bonds. The number of hydrogen-bond acceptors (Lipinski definition) is 5. The Labute approximate surface area is 196 Å². The molecule has 2 heterocycles. The van der Waals surface area contributed by atoms with Gasteiger partial charge in [0.2, 0.25) is 0 Å². The molecule has 0 bridgehead atoms. The molecular formula is C26H35ClN2O3. The van der Waals surface area contributed by atoms with E-state index in [0.717, 1.165) is 50.4 Å². The van der Waals surface area contributed by atoms with Crippen molar-refractivity contribution in [3.63, 3.8) is 0 Å². The van der Waals surface area contributed by atoms with E-state index in [-0.39, 0.29) is 6.61 Å². The number of aliphatic hydroxyl groups is 1. The van der Waals surface area contributed by atoms with E-state index in [2.05, 4.69) is 34.1 Å². The molecule has 6 heteroatoms. The zero-order valence-electron chi connectivity index (χ0n) is 19.1. The van der Waals surface area contributed by atoms with Crippen LogP contribution in [0.15, 0.2) is 42.5 Å². The third-order valence-corrected chi connectivity index (χ3v) is 6.73. The van der Waals surface area contributed by atoms with Gasteiger partial charge >= 0.3 is 0 Å². The van der Waals surface area contributed by atoms with E-state index in [1.54, 1.807) is 0 Å². The number of halogens is 1. The molecule has 2 aromatic rings. The molecule has 5 nitrogen and oxygen atoms in total. The van der Waals surface area contributed by atoms with Crippen LogP contribution in [0.1, 0.15) is 36.8 Å². The molecule has 2 aliphatic heterocycles. The highest BCUT2D eigenvalue weighted by atomic mass is 35.5. The molecule has 1 atom stereocenters. The lowest BCUT2D eigenvalue weighted by atomic mass is 9.93. The van der Waals surface area contributed by atoms with Crippen molar-refractivity contribution in [2.24, 2.45) is 0 Å². The molecule has 2 saturated heterocycles. The quantitative estimate of drug-likeness (QED) is 0.598. The second-order valence-corrected chi connectivity index (χ2v) is 9.71. The standard InChI is InChI=1S/C26H35ClN2O3/c1-21-5-10-24(27)25(17-21)32-20-26(30)11-4-14-29(19-26)18-22-6-8-23(9-7-22)31-16-15-28-12-2-3-13-28/h5-10,17,30H,2-4,11-16,18-20H2,1H3. The Morgan fingerprint density at radius 2 is 1.72 bits per heavy atom. The number of hydrogen-bond donors (Lipinski definition) is 1. The minimum Gasteiger partial charge on any atom is -0.492 e.